The van der Waals surface area contributed by atoms with E-state index in [1.165, 1.54) is 31.4 Å². The van der Waals surface area contributed by atoms with Gasteiger partial charge in [-0.05, 0) is 42.5 Å². The Balaban J connectivity index is 1.78. The van der Waals surface area contributed by atoms with Gasteiger partial charge in [-0.3, -0.25) is 4.79 Å². The van der Waals surface area contributed by atoms with Gasteiger partial charge in [0.1, 0.15) is 11.5 Å². The maximum atomic E-state index is 12.9. The van der Waals surface area contributed by atoms with E-state index < -0.39 is 5.97 Å². The first kappa shape index (κ1) is 17.9. The molecule has 0 spiro atoms. The number of H-pyrrole nitrogens is 1. The average molecular weight is 375 g/mol. The number of nitrogens with one attached hydrogen (secondary N) is 2. The SMILES string of the molecule is COC(=O)c1[nH]c2cc(Cl)ccc2c1NCCC(=O)c1ccc(F)cc1. The number of ether oxygens (including phenoxy) is 1. The number of fused-ring (bicyclic) bond motifs is 1. The Morgan fingerprint density at radius 1 is 1.19 bits per heavy atom. The third-order valence-electron chi connectivity index (χ3n) is 3.97. The maximum Gasteiger partial charge on any atom is 0.356 e. The van der Waals surface area contributed by atoms with Crippen LogP contribution in [0.15, 0.2) is 42.5 Å². The second-order valence-electron chi connectivity index (χ2n) is 5.66. The van der Waals surface area contributed by atoms with Crippen molar-refractivity contribution in [2.24, 2.45) is 0 Å². The highest BCUT2D eigenvalue weighted by Crippen LogP contribution is 2.30. The Bertz CT molecular complexity index is 967. The first-order chi connectivity index (χ1) is 12.5. The number of ketones is 1. The predicted molar refractivity (Wildman–Crippen MR) is 98.5 cm³/mol. The molecule has 0 aliphatic heterocycles. The summed E-state index contributed by atoms with van der Waals surface area (Å²) < 4.78 is 17.7. The van der Waals surface area contributed by atoms with Crippen LogP contribution in [0.4, 0.5) is 10.1 Å². The van der Waals surface area contributed by atoms with Crippen LogP contribution in [0.1, 0.15) is 27.3 Å². The number of hydrogen-bond donors (Lipinski definition) is 2. The summed E-state index contributed by atoms with van der Waals surface area (Å²) in [4.78, 5) is 27.2. The zero-order chi connectivity index (χ0) is 18.7. The summed E-state index contributed by atoms with van der Waals surface area (Å²) >= 11 is 5.99. The molecule has 7 heteroatoms. The van der Waals surface area contributed by atoms with Crippen LogP contribution in [0, 0.1) is 5.82 Å². The van der Waals surface area contributed by atoms with E-state index in [0.29, 0.717) is 28.3 Å². The minimum atomic E-state index is -0.523. The van der Waals surface area contributed by atoms with Gasteiger partial charge in [-0.1, -0.05) is 11.6 Å². The molecule has 0 atom stereocenters. The number of methoxy groups -OCH3 is 1. The van der Waals surface area contributed by atoms with Gasteiger partial charge >= 0.3 is 5.97 Å². The van der Waals surface area contributed by atoms with Crippen molar-refractivity contribution in [1.82, 2.24) is 4.98 Å². The van der Waals surface area contributed by atoms with Crippen molar-refractivity contribution in [1.29, 1.82) is 0 Å². The van der Waals surface area contributed by atoms with Gasteiger partial charge in [-0.25, -0.2) is 9.18 Å². The lowest BCUT2D eigenvalue weighted by Crippen LogP contribution is -2.12. The standard InChI is InChI=1S/C19H16ClFN2O3/c1-26-19(25)18-17(14-7-4-12(20)10-15(14)23-18)22-9-8-16(24)11-2-5-13(21)6-3-11/h2-7,10,22-23H,8-9H2,1H3. The number of anilines is 1. The number of rotatable bonds is 6. The Kier molecular flexibility index (Phi) is 5.23. The van der Waals surface area contributed by atoms with Crippen LogP contribution in [-0.2, 0) is 4.74 Å². The van der Waals surface area contributed by atoms with Crippen molar-refractivity contribution in [2.75, 3.05) is 19.0 Å². The van der Waals surface area contributed by atoms with Crippen LogP contribution < -0.4 is 5.32 Å². The lowest BCUT2D eigenvalue weighted by atomic mass is 10.1. The summed E-state index contributed by atoms with van der Waals surface area (Å²) in [5.41, 5.74) is 1.94. The van der Waals surface area contributed by atoms with Crippen LogP contribution in [0.2, 0.25) is 5.02 Å². The number of halogens is 2. The molecule has 0 saturated heterocycles. The van der Waals surface area contributed by atoms with Crippen LogP contribution in [0.25, 0.3) is 10.9 Å². The van der Waals surface area contributed by atoms with Crippen LogP contribution in [0.3, 0.4) is 0 Å². The van der Waals surface area contributed by atoms with E-state index in [1.807, 2.05) is 0 Å². The summed E-state index contributed by atoms with van der Waals surface area (Å²) in [7, 11) is 1.29. The first-order valence-corrected chi connectivity index (χ1v) is 8.29. The first-order valence-electron chi connectivity index (χ1n) is 7.92. The highest BCUT2D eigenvalue weighted by Gasteiger charge is 2.18. The van der Waals surface area contributed by atoms with Gasteiger partial charge in [-0.15, -0.1) is 0 Å². The number of esters is 1. The summed E-state index contributed by atoms with van der Waals surface area (Å²) in [5.74, 6) is -1.04. The second-order valence-corrected chi connectivity index (χ2v) is 6.10. The third-order valence-corrected chi connectivity index (χ3v) is 4.21. The van der Waals surface area contributed by atoms with Gasteiger partial charge in [0.05, 0.1) is 12.8 Å². The molecule has 0 radical (unpaired) electrons. The molecule has 2 aromatic carbocycles. The predicted octanol–water partition coefficient (Wildman–Crippen LogP) is 4.43. The molecule has 3 aromatic rings. The van der Waals surface area contributed by atoms with Crippen molar-refractivity contribution in [3.63, 3.8) is 0 Å². The molecular formula is C19H16ClFN2O3. The fraction of sp³-hybridized carbons (Fsp3) is 0.158. The summed E-state index contributed by atoms with van der Waals surface area (Å²) in [6.07, 6.45) is 0.187. The lowest BCUT2D eigenvalue weighted by Gasteiger charge is -2.07. The molecule has 0 amide bonds. The Morgan fingerprint density at radius 3 is 2.62 bits per heavy atom. The number of aromatic nitrogens is 1. The molecule has 0 aliphatic rings. The smallest absolute Gasteiger partial charge is 0.356 e. The minimum absolute atomic E-state index is 0.125. The average Bonchev–Trinajstić information content (AvgIpc) is 2.99. The largest absolute Gasteiger partial charge is 0.464 e. The van der Waals surface area contributed by atoms with Crippen LogP contribution in [0.5, 0.6) is 0 Å². The van der Waals surface area contributed by atoms with Crippen molar-refractivity contribution in [3.05, 3.63) is 64.6 Å². The fourth-order valence-electron chi connectivity index (χ4n) is 2.69. The molecule has 0 unspecified atom stereocenters. The van der Waals surface area contributed by atoms with E-state index in [0.717, 1.165) is 5.39 Å². The van der Waals surface area contributed by atoms with Crippen LogP contribution >= 0.6 is 11.6 Å². The maximum absolute atomic E-state index is 12.9. The third kappa shape index (κ3) is 3.70. The van der Waals surface area contributed by atoms with E-state index in [-0.39, 0.29) is 23.7 Å². The van der Waals surface area contributed by atoms with E-state index in [1.54, 1.807) is 18.2 Å². The van der Waals surface area contributed by atoms with E-state index in [9.17, 15) is 14.0 Å². The van der Waals surface area contributed by atoms with E-state index in [2.05, 4.69) is 10.3 Å². The van der Waals surface area contributed by atoms with Crippen LogP contribution in [-0.4, -0.2) is 30.4 Å². The monoisotopic (exact) mass is 374 g/mol. The van der Waals surface area contributed by atoms with Crippen molar-refractivity contribution >= 4 is 39.9 Å². The second kappa shape index (κ2) is 7.58. The highest BCUT2D eigenvalue weighted by atomic mass is 35.5. The van der Waals surface area contributed by atoms with Gasteiger partial charge in [0.15, 0.2) is 5.78 Å². The number of benzene rings is 2. The molecule has 1 aromatic heterocycles. The molecule has 2 N–H and O–H groups in total. The number of hydrogen-bond acceptors (Lipinski definition) is 4. The quantitative estimate of drug-likeness (QED) is 0.494. The molecule has 5 nitrogen and oxygen atoms in total. The topological polar surface area (TPSA) is 71.2 Å². The molecule has 1 heterocycles. The Labute approximate surface area is 154 Å². The molecular weight excluding hydrogens is 359 g/mol. The van der Waals surface area contributed by atoms with Crippen molar-refractivity contribution in [2.45, 2.75) is 6.42 Å². The molecule has 3 rings (SSSR count). The lowest BCUT2D eigenvalue weighted by molar-refractivity contribution is 0.0596. The summed E-state index contributed by atoms with van der Waals surface area (Å²) in [6, 6.07) is 10.6. The molecule has 0 fully saturated rings. The fourth-order valence-corrected chi connectivity index (χ4v) is 2.86. The van der Waals surface area contributed by atoms with E-state index >= 15 is 0 Å². The summed E-state index contributed by atoms with van der Waals surface area (Å²) in [6.45, 7) is 0.301. The molecule has 0 bridgehead atoms. The Morgan fingerprint density at radius 2 is 1.92 bits per heavy atom. The number of carbonyl (C=O) groups excluding carboxylic acids is 2. The molecule has 134 valence electrons. The van der Waals surface area contributed by atoms with Gasteiger partial charge in [0, 0.05) is 34.5 Å². The number of Topliss-reactive ketones (excluding diaryl/α,β-unsaturated/α-hetero) is 1. The van der Waals surface area contributed by atoms with Crippen molar-refractivity contribution in [3.8, 4) is 0 Å². The van der Waals surface area contributed by atoms with Gasteiger partial charge < -0.3 is 15.0 Å². The Hall–Kier alpha value is -2.86. The molecule has 0 aliphatic carbocycles. The van der Waals surface area contributed by atoms with Gasteiger partial charge in [-0.2, -0.15) is 0 Å². The zero-order valence-electron chi connectivity index (χ0n) is 13.9. The molecule has 26 heavy (non-hydrogen) atoms. The zero-order valence-corrected chi connectivity index (χ0v) is 14.7. The summed E-state index contributed by atoms with van der Waals surface area (Å²) in [5, 5.41) is 4.42. The van der Waals surface area contributed by atoms with Gasteiger partial charge in [0.25, 0.3) is 0 Å². The highest BCUT2D eigenvalue weighted by molar-refractivity contribution is 6.31. The number of aromatic amines is 1. The van der Waals surface area contributed by atoms with Crippen molar-refractivity contribution < 1.29 is 18.7 Å². The molecule has 0 saturated carbocycles. The normalized spacial score (nSPS) is 10.7. The van der Waals surface area contributed by atoms with Gasteiger partial charge in [0.2, 0.25) is 0 Å². The number of carbonyl (C=O) groups is 2. The van der Waals surface area contributed by atoms with E-state index in [4.69, 9.17) is 16.3 Å². The minimum Gasteiger partial charge on any atom is -0.464 e.